The summed E-state index contributed by atoms with van der Waals surface area (Å²) in [7, 11) is 0. The number of hydrogen-bond acceptors (Lipinski definition) is 2. The van der Waals surface area contributed by atoms with E-state index in [1.165, 1.54) is 0 Å². The fourth-order valence-corrected chi connectivity index (χ4v) is 2.81. The molecule has 0 radical (unpaired) electrons. The van der Waals surface area contributed by atoms with Gasteiger partial charge in [-0.05, 0) is 49.4 Å². The van der Waals surface area contributed by atoms with E-state index in [9.17, 15) is 4.79 Å². The van der Waals surface area contributed by atoms with Gasteiger partial charge in [0.25, 0.3) is 0 Å². The van der Waals surface area contributed by atoms with Crippen LogP contribution in [0.25, 0.3) is 0 Å². The van der Waals surface area contributed by atoms with Gasteiger partial charge in [0.1, 0.15) is 0 Å². The minimum absolute atomic E-state index is 0.0346. The average molecular weight is 267 g/mol. The zero-order valence-corrected chi connectivity index (χ0v) is 11.6. The summed E-state index contributed by atoms with van der Waals surface area (Å²) in [5.41, 5.74) is 9.63. The van der Waals surface area contributed by atoms with Gasteiger partial charge in [-0.2, -0.15) is 0 Å². The normalized spacial score (nSPS) is 17.8. The number of aryl methyl sites for hydroxylation is 1. The Balaban J connectivity index is 2.46. The van der Waals surface area contributed by atoms with Crippen molar-refractivity contribution in [3.63, 3.8) is 0 Å². The standard InChI is InChI=1S/C14H19ClN2O/c1-3-10-11-7-9(5-4-6-16)12(15)8(2)13(11)17-14(10)18/h7,10H,3-6,16H2,1-2H3,(H,17,18). The van der Waals surface area contributed by atoms with Crippen LogP contribution in [0.1, 0.15) is 42.4 Å². The molecule has 0 saturated heterocycles. The molecule has 3 N–H and O–H groups in total. The molecule has 98 valence electrons. The van der Waals surface area contributed by atoms with Crippen LogP contribution in [0.5, 0.6) is 0 Å². The second-order valence-corrected chi connectivity index (χ2v) is 5.16. The van der Waals surface area contributed by atoms with Crippen molar-refractivity contribution < 1.29 is 4.79 Å². The summed E-state index contributed by atoms with van der Waals surface area (Å²) < 4.78 is 0. The lowest BCUT2D eigenvalue weighted by atomic mass is 9.93. The van der Waals surface area contributed by atoms with Gasteiger partial charge in [0.2, 0.25) is 5.91 Å². The Kier molecular flexibility index (Phi) is 3.93. The Labute approximate surface area is 113 Å². The Bertz CT molecular complexity index is 485. The van der Waals surface area contributed by atoms with Crippen LogP contribution in [-0.4, -0.2) is 12.5 Å². The second kappa shape index (κ2) is 5.29. The highest BCUT2D eigenvalue weighted by Crippen LogP contribution is 2.41. The molecule has 0 aliphatic carbocycles. The van der Waals surface area contributed by atoms with E-state index < -0.39 is 0 Å². The molecular weight excluding hydrogens is 248 g/mol. The van der Waals surface area contributed by atoms with Crippen LogP contribution < -0.4 is 11.1 Å². The molecule has 0 spiro atoms. The number of benzene rings is 1. The quantitative estimate of drug-likeness (QED) is 0.880. The summed E-state index contributed by atoms with van der Waals surface area (Å²) in [6, 6.07) is 2.08. The topological polar surface area (TPSA) is 55.1 Å². The van der Waals surface area contributed by atoms with Crippen LogP contribution in [0, 0.1) is 6.92 Å². The molecule has 1 aliphatic heterocycles. The van der Waals surface area contributed by atoms with Crippen LogP contribution in [0.3, 0.4) is 0 Å². The molecule has 1 amide bonds. The zero-order valence-electron chi connectivity index (χ0n) is 10.8. The van der Waals surface area contributed by atoms with Crippen molar-refractivity contribution in [1.29, 1.82) is 0 Å². The van der Waals surface area contributed by atoms with E-state index in [1.807, 2.05) is 13.8 Å². The predicted molar refractivity (Wildman–Crippen MR) is 75.2 cm³/mol. The highest BCUT2D eigenvalue weighted by atomic mass is 35.5. The van der Waals surface area contributed by atoms with Crippen molar-refractivity contribution in [2.45, 2.75) is 39.0 Å². The number of nitrogens with one attached hydrogen (secondary N) is 1. The fraction of sp³-hybridized carbons (Fsp3) is 0.500. The maximum Gasteiger partial charge on any atom is 0.232 e. The van der Waals surface area contributed by atoms with Gasteiger partial charge in [-0.25, -0.2) is 0 Å². The smallest absolute Gasteiger partial charge is 0.232 e. The molecule has 1 aromatic rings. The van der Waals surface area contributed by atoms with Crippen molar-refractivity contribution in [1.82, 2.24) is 0 Å². The highest BCUT2D eigenvalue weighted by Gasteiger charge is 2.31. The summed E-state index contributed by atoms with van der Waals surface area (Å²) in [6.45, 7) is 4.65. The van der Waals surface area contributed by atoms with Gasteiger partial charge in [0.05, 0.1) is 5.92 Å². The Hall–Kier alpha value is -1.06. The third-order valence-electron chi connectivity index (χ3n) is 3.60. The maximum absolute atomic E-state index is 11.9. The van der Waals surface area contributed by atoms with Crippen molar-refractivity contribution >= 4 is 23.2 Å². The number of halogens is 1. The lowest BCUT2D eigenvalue weighted by molar-refractivity contribution is -0.117. The van der Waals surface area contributed by atoms with E-state index in [0.29, 0.717) is 6.54 Å². The maximum atomic E-state index is 11.9. The van der Waals surface area contributed by atoms with Gasteiger partial charge in [0, 0.05) is 10.7 Å². The van der Waals surface area contributed by atoms with Gasteiger partial charge >= 0.3 is 0 Å². The van der Waals surface area contributed by atoms with Crippen molar-refractivity contribution in [3.05, 3.63) is 27.8 Å². The SMILES string of the molecule is CCC1C(=O)Nc2c1cc(CCCN)c(Cl)c2C. The predicted octanol–water partition coefficient (Wildman–Crippen LogP) is 2.99. The van der Waals surface area contributed by atoms with Gasteiger partial charge in [-0.15, -0.1) is 0 Å². The monoisotopic (exact) mass is 266 g/mol. The van der Waals surface area contributed by atoms with Crippen molar-refractivity contribution in [2.75, 3.05) is 11.9 Å². The lowest BCUT2D eigenvalue weighted by Gasteiger charge is -2.13. The number of carbonyl (C=O) groups is 1. The molecule has 1 heterocycles. The number of rotatable bonds is 4. The summed E-state index contributed by atoms with van der Waals surface area (Å²) >= 11 is 6.36. The lowest BCUT2D eigenvalue weighted by Crippen LogP contribution is -2.10. The van der Waals surface area contributed by atoms with Gasteiger partial charge < -0.3 is 11.1 Å². The average Bonchev–Trinajstić information content (AvgIpc) is 2.68. The van der Waals surface area contributed by atoms with Gasteiger partial charge in [0.15, 0.2) is 0 Å². The summed E-state index contributed by atoms with van der Waals surface area (Å²) in [5, 5.41) is 3.71. The van der Waals surface area contributed by atoms with Crippen LogP contribution in [0.4, 0.5) is 5.69 Å². The number of amides is 1. The summed E-state index contributed by atoms with van der Waals surface area (Å²) in [5.74, 6) is 0.0511. The number of anilines is 1. The summed E-state index contributed by atoms with van der Waals surface area (Å²) in [6.07, 6.45) is 2.60. The molecular formula is C14H19ClN2O. The Morgan fingerprint density at radius 3 is 2.83 bits per heavy atom. The molecule has 1 atom stereocenters. The van der Waals surface area contributed by atoms with E-state index in [2.05, 4.69) is 11.4 Å². The van der Waals surface area contributed by atoms with Crippen LogP contribution in [0.15, 0.2) is 6.07 Å². The summed E-state index contributed by atoms with van der Waals surface area (Å²) in [4.78, 5) is 11.9. The van der Waals surface area contributed by atoms with Crippen LogP contribution >= 0.6 is 11.6 Å². The first-order valence-electron chi connectivity index (χ1n) is 6.42. The number of carbonyl (C=O) groups excluding carboxylic acids is 1. The Morgan fingerprint density at radius 2 is 2.22 bits per heavy atom. The second-order valence-electron chi connectivity index (χ2n) is 4.78. The van der Waals surface area contributed by atoms with Crippen LogP contribution in [-0.2, 0) is 11.2 Å². The third kappa shape index (κ3) is 2.13. The van der Waals surface area contributed by atoms with E-state index >= 15 is 0 Å². The van der Waals surface area contributed by atoms with E-state index in [0.717, 1.165) is 46.7 Å². The molecule has 0 bridgehead atoms. The van der Waals surface area contributed by atoms with E-state index in [-0.39, 0.29) is 11.8 Å². The van der Waals surface area contributed by atoms with Crippen LogP contribution in [0.2, 0.25) is 5.02 Å². The molecule has 18 heavy (non-hydrogen) atoms. The largest absolute Gasteiger partial charge is 0.330 e. The number of fused-ring (bicyclic) bond motifs is 1. The fourth-order valence-electron chi connectivity index (χ4n) is 2.56. The minimum atomic E-state index is -0.0346. The van der Waals surface area contributed by atoms with Gasteiger partial charge in [-0.1, -0.05) is 24.6 Å². The first kappa shape index (κ1) is 13.4. The van der Waals surface area contributed by atoms with E-state index in [4.69, 9.17) is 17.3 Å². The molecule has 2 rings (SSSR count). The molecule has 1 aromatic carbocycles. The van der Waals surface area contributed by atoms with Crippen molar-refractivity contribution in [3.8, 4) is 0 Å². The zero-order chi connectivity index (χ0) is 13.3. The minimum Gasteiger partial charge on any atom is -0.330 e. The third-order valence-corrected chi connectivity index (χ3v) is 4.13. The molecule has 0 aromatic heterocycles. The number of hydrogen-bond donors (Lipinski definition) is 2. The van der Waals surface area contributed by atoms with Gasteiger partial charge in [-0.3, -0.25) is 4.79 Å². The van der Waals surface area contributed by atoms with Crippen molar-refractivity contribution in [2.24, 2.45) is 5.73 Å². The highest BCUT2D eigenvalue weighted by molar-refractivity contribution is 6.33. The molecule has 0 saturated carbocycles. The number of nitrogens with two attached hydrogens (primary N) is 1. The Morgan fingerprint density at radius 1 is 1.50 bits per heavy atom. The molecule has 0 fully saturated rings. The molecule has 3 nitrogen and oxygen atoms in total. The molecule has 1 unspecified atom stereocenters. The first-order valence-corrected chi connectivity index (χ1v) is 6.80. The van der Waals surface area contributed by atoms with E-state index in [1.54, 1.807) is 0 Å². The molecule has 1 aliphatic rings. The molecule has 4 heteroatoms. The first-order chi connectivity index (χ1) is 8.60.